The summed E-state index contributed by atoms with van der Waals surface area (Å²) in [5.41, 5.74) is 1.25. The molecule has 3 aliphatic rings. The van der Waals surface area contributed by atoms with Crippen LogP contribution >= 0.6 is 0 Å². The molecule has 1 N–H and O–H groups in total. The lowest BCUT2D eigenvalue weighted by Gasteiger charge is -2.41. The van der Waals surface area contributed by atoms with Gasteiger partial charge < -0.3 is 19.5 Å². The minimum atomic E-state index is -5.08. The molecule has 7 nitrogen and oxygen atoms in total. The number of benzene rings is 1. The van der Waals surface area contributed by atoms with E-state index < -0.39 is 12.1 Å². The van der Waals surface area contributed by atoms with Gasteiger partial charge in [0, 0.05) is 45.2 Å². The van der Waals surface area contributed by atoms with E-state index in [0.717, 1.165) is 70.6 Å². The lowest BCUT2D eigenvalue weighted by atomic mass is 9.89. The van der Waals surface area contributed by atoms with Crippen LogP contribution in [-0.2, 0) is 20.9 Å². The molecule has 178 valence electrons. The van der Waals surface area contributed by atoms with Crippen LogP contribution in [0, 0.1) is 0 Å². The molecule has 32 heavy (non-hydrogen) atoms. The molecule has 10 heteroatoms. The van der Waals surface area contributed by atoms with E-state index in [0.29, 0.717) is 11.9 Å². The quantitative estimate of drug-likeness (QED) is 0.747. The number of carbonyl (C=O) groups excluding carboxylic acids is 1. The molecule has 0 radical (unpaired) electrons. The van der Waals surface area contributed by atoms with Gasteiger partial charge >= 0.3 is 12.1 Å². The summed E-state index contributed by atoms with van der Waals surface area (Å²) >= 11 is 0. The predicted molar refractivity (Wildman–Crippen MR) is 109 cm³/mol. The predicted octanol–water partition coefficient (Wildman–Crippen LogP) is 3.07. The van der Waals surface area contributed by atoms with Gasteiger partial charge in [-0.3, -0.25) is 9.69 Å². The zero-order chi connectivity index (χ0) is 23.4. The molecule has 0 unspecified atom stereocenters. The van der Waals surface area contributed by atoms with Gasteiger partial charge in [0.2, 0.25) is 5.91 Å². The molecular formula is C22H29F3N2O5. The first kappa shape index (κ1) is 24.3. The third kappa shape index (κ3) is 6.13. The second-order valence-corrected chi connectivity index (χ2v) is 8.48. The highest BCUT2D eigenvalue weighted by Crippen LogP contribution is 2.37. The Balaban J connectivity index is 0.000000360. The second-order valence-electron chi connectivity index (χ2n) is 8.48. The third-order valence-corrected chi connectivity index (χ3v) is 6.22. The van der Waals surface area contributed by atoms with Crippen molar-refractivity contribution in [2.75, 3.05) is 33.4 Å². The number of hydrogen-bond donors (Lipinski definition) is 1. The van der Waals surface area contributed by atoms with Crippen LogP contribution in [0.15, 0.2) is 24.3 Å². The summed E-state index contributed by atoms with van der Waals surface area (Å²) in [6.07, 6.45) is -0.272. The van der Waals surface area contributed by atoms with Crippen LogP contribution in [0.1, 0.15) is 37.7 Å². The summed E-state index contributed by atoms with van der Waals surface area (Å²) in [5, 5.41) is 7.12. The summed E-state index contributed by atoms with van der Waals surface area (Å²) in [6.45, 7) is 4.70. The van der Waals surface area contributed by atoms with Gasteiger partial charge in [-0.15, -0.1) is 0 Å². The van der Waals surface area contributed by atoms with Gasteiger partial charge in [-0.1, -0.05) is 12.1 Å². The highest BCUT2D eigenvalue weighted by atomic mass is 19.4. The Bertz CT molecular complexity index is 802. The fourth-order valence-corrected chi connectivity index (χ4v) is 4.66. The summed E-state index contributed by atoms with van der Waals surface area (Å²) < 4.78 is 43.2. The molecule has 1 spiro atoms. The average Bonchev–Trinajstić information content (AvgIpc) is 3.34. The molecule has 0 aliphatic carbocycles. The second kappa shape index (κ2) is 10.1. The monoisotopic (exact) mass is 458 g/mol. The van der Waals surface area contributed by atoms with E-state index in [4.69, 9.17) is 19.4 Å². The van der Waals surface area contributed by atoms with Gasteiger partial charge in [-0.05, 0) is 43.4 Å². The molecule has 0 bridgehead atoms. The molecule has 3 fully saturated rings. The Hall–Kier alpha value is -2.33. The van der Waals surface area contributed by atoms with Crippen LogP contribution in [0.2, 0.25) is 0 Å². The number of methoxy groups -OCH3 is 1. The van der Waals surface area contributed by atoms with Crippen molar-refractivity contribution in [1.82, 2.24) is 9.80 Å². The van der Waals surface area contributed by atoms with E-state index in [1.807, 2.05) is 12.1 Å². The maximum atomic E-state index is 12.1. The molecule has 1 aromatic carbocycles. The van der Waals surface area contributed by atoms with Crippen molar-refractivity contribution in [2.45, 2.75) is 56.5 Å². The lowest BCUT2D eigenvalue weighted by Crippen LogP contribution is -2.50. The van der Waals surface area contributed by atoms with Gasteiger partial charge in [0.05, 0.1) is 12.7 Å². The fourth-order valence-electron chi connectivity index (χ4n) is 4.66. The van der Waals surface area contributed by atoms with E-state index in [-0.39, 0.29) is 5.60 Å². The minimum absolute atomic E-state index is 0.0573. The van der Waals surface area contributed by atoms with Crippen molar-refractivity contribution >= 4 is 11.9 Å². The third-order valence-electron chi connectivity index (χ3n) is 6.22. The number of halogens is 3. The van der Waals surface area contributed by atoms with Crippen molar-refractivity contribution in [3.63, 3.8) is 0 Å². The van der Waals surface area contributed by atoms with E-state index in [1.165, 1.54) is 5.56 Å². The lowest BCUT2D eigenvalue weighted by molar-refractivity contribution is -0.192. The number of carboxylic acids is 1. The van der Waals surface area contributed by atoms with Crippen LogP contribution in [0.5, 0.6) is 5.75 Å². The number of carboxylic acid groups (broad SMARTS) is 1. The highest BCUT2D eigenvalue weighted by Gasteiger charge is 2.45. The van der Waals surface area contributed by atoms with Crippen molar-refractivity contribution < 1.29 is 37.3 Å². The first-order valence-corrected chi connectivity index (χ1v) is 10.7. The summed E-state index contributed by atoms with van der Waals surface area (Å²) in [5.74, 6) is -1.52. The molecule has 2 atom stereocenters. The van der Waals surface area contributed by atoms with Gasteiger partial charge in [-0.2, -0.15) is 13.2 Å². The molecular weight excluding hydrogens is 429 g/mol. The largest absolute Gasteiger partial charge is 0.497 e. The van der Waals surface area contributed by atoms with Crippen molar-refractivity contribution in [2.24, 2.45) is 0 Å². The van der Waals surface area contributed by atoms with Gasteiger partial charge in [0.15, 0.2) is 0 Å². The van der Waals surface area contributed by atoms with Crippen molar-refractivity contribution in [3.8, 4) is 5.75 Å². The maximum absolute atomic E-state index is 12.1. The Labute approximate surface area is 185 Å². The van der Waals surface area contributed by atoms with E-state index in [2.05, 4.69) is 21.9 Å². The molecule has 1 amide bonds. The molecule has 0 saturated carbocycles. The van der Waals surface area contributed by atoms with Crippen LogP contribution in [0.3, 0.4) is 0 Å². The summed E-state index contributed by atoms with van der Waals surface area (Å²) in [4.78, 5) is 25.6. The van der Waals surface area contributed by atoms with Crippen LogP contribution in [0.25, 0.3) is 0 Å². The number of nitrogens with zero attached hydrogens (tertiary/aromatic N) is 2. The normalized spacial score (nSPS) is 26.2. The number of ether oxygens (including phenoxy) is 2. The molecule has 3 saturated heterocycles. The minimum Gasteiger partial charge on any atom is -0.497 e. The first-order valence-electron chi connectivity index (χ1n) is 10.7. The number of alkyl halides is 3. The van der Waals surface area contributed by atoms with Crippen LogP contribution < -0.4 is 4.74 Å². The van der Waals surface area contributed by atoms with Crippen molar-refractivity contribution in [3.05, 3.63) is 29.8 Å². The van der Waals surface area contributed by atoms with Crippen molar-refractivity contribution in [1.29, 1.82) is 0 Å². The summed E-state index contributed by atoms with van der Waals surface area (Å²) in [7, 11) is 1.70. The number of carbonyl (C=O) groups is 2. The van der Waals surface area contributed by atoms with E-state index in [1.54, 1.807) is 7.11 Å². The standard InChI is InChI=1S/C20H28N2O3.C2HF3O2/c1-24-18-6-4-16(5-7-18)14-21-11-9-20(15-21)13-17(8-12-25-20)22-10-2-3-19(22)23;3-2(4,5)1(6)7/h4-7,17H,2-3,8-15H2,1H3;(H,6,7)/t17-,20-;/m1./s1. The Kier molecular flexibility index (Phi) is 7.66. The maximum Gasteiger partial charge on any atom is 0.490 e. The first-order chi connectivity index (χ1) is 15.1. The molecule has 3 heterocycles. The fraction of sp³-hybridized carbons (Fsp3) is 0.636. The zero-order valence-electron chi connectivity index (χ0n) is 18.1. The zero-order valence-corrected chi connectivity index (χ0v) is 18.1. The van der Waals surface area contributed by atoms with Crippen LogP contribution in [-0.4, -0.2) is 78.0 Å². The topological polar surface area (TPSA) is 79.3 Å². The number of likely N-dealkylation sites (tertiary alicyclic amines) is 2. The highest BCUT2D eigenvalue weighted by molar-refractivity contribution is 5.78. The Morgan fingerprint density at radius 3 is 2.53 bits per heavy atom. The van der Waals surface area contributed by atoms with Crippen LogP contribution in [0.4, 0.5) is 13.2 Å². The van der Waals surface area contributed by atoms with E-state index >= 15 is 0 Å². The van der Waals surface area contributed by atoms with Gasteiger partial charge in [0.1, 0.15) is 5.75 Å². The number of aliphatic carboxylic acids is 1. The molecule has 3 aliphatic heterocycles. The average molecular weight is 458 g/mol. The smallest absolute Gasteiger partial charge is 0.490 e. The molecule has 4 rings (SSSR count). The summed E-state index contributed by atoms with van der Waals surface area (Å²) in [6, 6.07) is 8.69. The van der Waals surface area contributed by atoms with Gasteiger partial charge in [0.25, 0.3) is 0 Å². The Morgan fingerprint density at radius 1 is 1.28 bits per heavy atom. The number of hydrogen-bond acceptors (Lipinski definition) is 5. The molecule has 0 aromatic heterocycles. The SMILES string of the molecule is COc1ccc(CN2CC[C@@]3(C[C@H](N4CCCC4=O)CCO3)C2)cc1.O=C(O)C(F)(F)F. The molecule has 1 aromatic rings. The number of amides is 1. The Morgan fingerprint density at radius 2 is 1.97 bits per heavy atom. The van der Waals surface area contributed by atoms with E-state index in [9.17, 15) is 18.0 Å². The van der Waals surface area contributed by atoms with Gasteiger partial charge in [-0.25, -0.2) is 4.79 Å². The number of rotatable bonds is 4.